The van der Waals surface area contributed by atoms with Crippen LogP contribution >= 0.6 is 7.60 Å². The van der Waals surface area contributed by atoms with Gasteiger partial charge in [-0.2, -0.15) is 4.40 Å². The molecule has 0 saturated heterocycles. The van der Waals surface area contributed by atoms with Gasteiger partial charge in [0.1, 0.15) is 11.6 Å². The average molecular weight is 503 g/mol. The van der Waals surface area contributed by atoms with E-state index in [1.165, 1.54) is 0 Å². The maximum Gasteiger partial charge on any atom is 0.361 e. The number of nitrogens with zero attached hydrogens (tertiary/aromatic N) is 1. The van der Waals surface area contributed by atoms with E-state index in [2.05, 4.69) is 9.71 Å². The first-order chi connectivity index (χ1) is 15.0. The first kappa shape index (κ1) is 27.7. The minimum Gasteiger partial charge on any atom is -0.459 e. The van der Waals surface area contributed by atoms with Gasteiger partial charge < -0.3 is 13.8 Å². The zero-order chi connectivity index (χ0) is 25.2. The third-order valence-corrected chi connectivity index (χ3v) is 8.81. The van der Waals surface area contributed by atoms with Crippen LogP contribution in [0.3, 0.4) is 0 Å². The van der Waals surface area contributed by atoms with Crippen molar-refractivity contribution in [3.63, 3.8) is 0 Å². The highest BCUT2D eigenvalue weighted by Gasteiger charge is 2.37. The van der Waals surface area contributed by atoms with Crippen molar-refractivity contribution < 1.29 is 31.6 Å². The molecule has 11 heteroatoms. The Hall–Kier alpha value is -1.58. The Morgan fingerprint density at radius 3 is 2.18 bits per heavy atom. The predicted molar refractivity (Wildman–Crippen MR) is 129 cm³/mol. The van der Waals surface area contributed by atoms with Crippen LogP contribution in [-0.2, 0) is 33.2 Å². The van der Waals surface area contributed by atoms with Crippen LogP contribution < -0.4 is 10.6 Å². The second kappa shape index (κ2) is 9.96. The number of nitrogens with one attached hydrogen (secondary N) is 1. The Balaban J connectivity index is 2.69. The number of ether oxygens (including phenoxy) is 1. The molecule has 0 bridgehead atoms. The predicted octanol–water partition coefficient (Wildman–Crippen LogP) is 3.48. The van der Waals surface area contributed by atoms with Crippen LogP contribution in [0.1, 0.15) is 72.6 Å². The average Bonchev–Trinajstić information content (AvgIpc) is 2.65. The van der Waals surface area contributed by atoms with Gasteiger partial charge in [0.05, 0.1) is 29.0 Å². The number of rotatable bonds is 7. The normalized spacial score (nSPS) is 18.8. The van der Waals surface area contributed by atoms with Gasteiger partial charge in [-0.15, -0.1) is 0 Å². The largest absolute Gasteiger partial charge is 0.459 e. The summed E-state index contributed by atoms with van der Waals surface area (Å²) in [6.07, 6.45) is 0. The lowest BCUT2D eigenvalue weighted by Crippen LogP contribution is -2.43. The SMILES string of the molecule is CCOP(=O)(OCC)c1ccc2c(c1)C(C(=O)OC(C)(C)C)NCC2=NS(=O)(=O)C(C)(C)C. The summed E-state index contributed by atoms with van der Waals surface area (Å²) in [4.78, 5) is 13.0. The zero-order valence-electron chi connectivity index (χ0n) is 20.6. The quantitative estimate of drug-likeness (QED) is 0.444. The molecule has 0 amide bonds. The molecule has 1 heterocycles. The van der Waals surface area contributed by atoms with Gasteiger partial charge >= 0.3 is 13.6 Å². The van der Waals surface area contributed by atoms with Crippen molar-refractivity contribution in [2.45, 2.75) is 71.8 Å². The summed E-state index contributed by atoms with van der Waals surface area (Å²) in [6, 6.07) is 3.79. The molecule has 186 valence electrons. The second-order valence-electron chi connectivity index (χ2n) is 9.58. The summed E-state index contributed by atoms with van der Waals surface area (Å²) in [5, 5.41) is 3.29. The van der Waals surface area contributed by atoms with Gasteiger partial charge in [0.15, 0.2) is 0 Å². The van der Waals surface area contributed by atoms with E-state index in [1.54, 1.807) is 73.6 Å². The zero-order valence-corrected chi connectivity index (χ0v) is 22.3. The molecule has 9 nitrogen and oxygen atoms in total. The van der Waals surface area contributed by atoms with E-state index in [0.717, 1.165) is 0 Å². The molecule has 0 aliphatic carbocycles. The van der Waals surface area contributed by atoms with E-state index in [9.17, 15) is 17.8 Å². The summed E-state index contributed by atoms with van der Waals surface area (Å²) in [5.41, 5.74) is 0.386. The maximum absolute atomic E-state index is 13.3. The Morgan fingerprint density at radius 1 is 1.12 bits per heavy atom. The van der Waals surface area contributed by atoms with Crippen LogP contribution in [0.25, 0.3) is 0 Å². The summed E-state index contributed by atoms with van der Waals surface area (Å²) in [5.74, 6) is -0.540. The number of sulfonamides is 1. The van der Waals surface area contributed by atoms with E-state index >= 15 is 0 Å². The van der Waals surface area contributed by atoms with E-state index < -0.39 is 40.0 Å². The number of carbonyl (C=O) groups excluding carboxylic acids is 1. The van der Waals surface area contributed by atoms with Crippen LogP contribution in [-0.4, -0.2) is 50.2 Å². The van der Waals surface area contributed by atoms with Crippen molar-refractivity contribution >= 4 is 34.6 Å². The molecule has 1 unspecified atom stereocenters. The number of esters is 1. The number of hydrogen-bond acceptors (Lipinski definition) is 8. The molecule has 1 aliphatic rings. The van der Waals surface area contributed by atoms with E-state index in [-0.39, 0.29) is 30.8 Å². The molecular weight excluding hydrogens is 467 g/mol. The monoisotopic (exact) mass is 502 g/mol. The van der Waals surface area contributed by atoms with Crippen molar-refractivity contribution in [3.05, 3.63) is 29.3 Å². The van der Waals surface area contributed by atoms with Crippen LogP contribution in [0.5, 0.6) is 0 Å². The maximum atomic E-state index is 13.3. The molecule has 0 radical (unpaired) electrons. The summed E-state index contributed by atoms with van der Waals surface area (Å²) in [7, 11) is -7.48. The fraction of sp³-hybridized carbons (Fsp3) is 0.636. The molecule has 1 N–H and O–H groups in total. The topological polar surface area (TPSA) is 120 Å². The minimum atomic E-state index is -3.83. The van der Waals surface area contributed by atoms with Crippen molar-refractivity contribution in [1.82, 2.24) is 5.32 Å². The Kier molecular flexibility index (Phi) is 8.35. The van der Waals surface area contributed by atoms with Crippen molar-refractivity contribution in [1.29, 1.82) is 0 Å². The standard InChI is InChI=1S/C22H35N2O7PS/c1-9-29-32(26,30-10-2)15-11-12-16-17(13-15)19(20(25)31-21(3,4)5)23-14-18(16)24-33(27,28)22(6,7)8/h11-13,19,23H,9-10,14H2,1-8H3. The lowest BCUT2D eigenvalue weighted by atomic mass is 9.93. The van der Waals surface area contributed by atoms with E-state index in [0.29, 0.717) is 11.1 Å². The lowest BCUT2D eigenvalue weighted by Gasteiger charge is -2.30. The molecule has 1 aromatic carbocycles. The van der Waals surface area contributed by atoms with Crippen LogP contribution in [0, 0.1) is 0 Å². The third kappa shape index (κ3) is 6.51. The van der Waals surface area contributed by atoms with Gasteiger partial charge in [-0.05, 0) is 73.1 Å². The Labute approximate surface area is 196 Å². The summed E-state index contributed by atoms with van der Waals surface area (Å²) in [6.45, 7) is 13.8. The number of hydrogen-bond donors (Lipinski definition) is 1. The van der Waals surface area contributed by atoms with Gasteiger partial charge in [0, 0.05) is 12.1 Å². The first-order valence-electron chi connectivity index (χ1n) is 10.9. The third-order valence-electron chi connectivity index (χ3n) is 4.69. The molecule has 0 aromatic heterocycles. The summed E-state index contributed by atoms with van der Waals surface area (Å²) >= 11 is 0. The fourth-order valence-corrected chi connectivity index (χ4v) is 5.42. The molecule has 0 fully saturated rings. The summed E-state index contributed by atoms with van der Waals surface area (Å²) < 4.78 is 58.2. The number of carbonyl (C=O) groups is 1. The molecule has 0 saturated carbocycles. The van der Waals surface area contributed by atoms with E-state index in [4.69, 9.17) is 13.8 Å². The van der Waals surface area contributed by atoms with Gasteiger partial charge in [0.2, 0.25) is 0 Å². The molecule has 1 atom stereocenters. The fourth-order valence-electron chi connectivity index (χ4n) is 3.09. The second-order valence-corrected chi connectivity index (χ2v) is 14.0. The van der Waals surface area contributed by atoms with Crippen LogP contribution in [0.4, 0.5) is 0 Å². The van der Waals surface area contributed by atoms with Gasteiger partial charge in [-0.3, -0.25) is 9.88 Å². The molecular formula is C22H35N2O7PS. The van der Waals surface area contributed by atoms with Crippen molar-refractivity contribution in [2.75, 3.05) is 19.8 Å². The Bertz CT molecular complexity index is 1060. The number of fused-ring (bicyclic) bond motifs is 1. The molecule has 33 heavy (non-hydrogen) atoms. The highest BCUT2D eigenvalue weighted by atomic mass is 32.2. The van der Waals surface area contributed by atoms with Crippen molar-refractivity contribution in [3.8, 4) is 0 Å². The van der Waals surface area contributed by atoms with Gasteiger partial charge in [-0.25, -0.2) is 13.2 Å². The van der Waals surface area contributed by atoms with Crippen LogP contribution in [0.2, 0.25) is 0 Å². The number of benzene rings is 1. The smallest absolute Gasteiger partial charge is 0.361 e. The first-order valence-corrected chi connectivity index (χ1v) is 13.9. The molecule has 1 aliphatic heterocycles. The molecule has 1 aromatic rings. The minimum absolute atomic E-state index is 0.0418. The molecule has 0 spiro atoms. The van der Waals surface area contributed by atoms with Crippen molar-refractivity contribution in [2.24, 2.45) is 4.40 Å². The highest BCUT2D eigenvalue weighted by molar-refractivity contribution is 7.91. The van der Waals surface area contributed by atoms with Crippen LogP contribution in [0.15, 0.2) is 22.6 Å². The van der Waals surface area contributed by atoms with Gasteiger partial charge in [-0.1, -0.05) is 6.07 Å². The van der Waals surface area contributed by atoms with E-state index in [1.807, 2.05) is 0 Å². The molecule has 2 rings (SSSR count). The highest BCUT2D eigenvalue weighted by Crippen LogP contribution is 2.47. The lowest BCUT2D eigenvalue weighted by molar-refractivity contribution is -0.157. The Morgan fingerprint density at radius 2 is 1.70 bits per heavy atom. The van der Waals surface area contributed by atoms with Gasteiger partial charge in [0.25, 0.3) is 10.0 Å².